The number of nitrogens with zero attached hydrogens (tertiary/aromatic N) is 2. The van der Waals surface area contributed by atoms with Gasteiger partial charge in [0.2, 0.25) is 0 Å². The van der Waals surface area contributed by atoms with Gasteiger partial charge >= 0.3 is 0 Å². The fourth-order valence-electron chi connectivity index (χ4n) is 2.77. The maximum absolute atomic E-state index is 12.9. The van der Waals surface area contributed by atoms with E-state index in [4.69, 9.17) is 4.74 Å². The van der Waals surface area contributed by atoms with Crippen LogP contribution in [-0.4, -0.2) is 29.7 Å². The Kier molecular flexibility index (Phi) is 4.19. The van der Waals surface area contributed by atoms with Crippen LogP contribution in [0.3, 0.4) is 0 Å². The van der Waals surface area contributed by atoms with Crippen molar-refractivity contribution in [3.05, 3.63) is 64.4 Å². The summed E-state index contributed by atoms with van der Waals surface area (Å²) >= 11 is 0. The lowest BCUT2D eigenvalue weighted by Gasteiger charge is -2.19. The van der Waals surface area contributed by atoms with E-state index < -0.39 is 11.5 Å². The molecule has 0 saturated carbocycles. The van der Waals surface area contributed by atoms with Crippen molar-refractivity contribution in [2.24, 2.45) is 7.05 Å². The average molecular weight is 338 g/mol. The van der Waals surface area contributed by atoms with Gasteiger partial charge in [-0.1, -0.05) is 18.2 Å². The number of fused-ring (bicyclic) bond motifs is 1. The minimum atomic E-state index is -0.575. The molecule has 3 aromatic rings. The molecule has 1 heterocycles. The number of anilines is 1. The highest BCUT2D eigenvalue weighted by molar-refractivity contribution is 6.10. The summed E-state index contributed by atoms with van der Waals surface area (Å²) in [6.45, 7) is 0. The Morgan fingerprint density at radius 2 is 1.84 bits per heavy atom. The molecule has 0 aliphatic rings. The molecule has 1 N–H and O–H groups in total. The second-order valence-electron chi connectivity index (χ2n) is 5.67. The van der Waals surface area contributed by atoms with Gasteiger partial charge in [-0.25, -0.2) is 0 Å². The predicted molar refractivity (Wildman–Crippen MR) is 96.6 cm³/mol. The van der Waals surface area contributed by atoms with E-state index in [1.165, 1.54) is 16.6 Å². The number of rotatable bonds is 3. The van der Waals surface area contributed by atoms with Crippen molar-refractivity contribution in [2.45, 2.75) is 0 Å². The number of aromatic hydroxyl groups is 1. The van der Waals surface area contributed by atoms with Crippen LogP contribution in [0.25, 0.3) is 10.9 Å². The van der Waals surface area contributed by atoms with Gasteiger partial charge < -0.3 is 19.3 Å². The van der Waals surface area contributed by atoms with Gasteiger partial charge in [-0.15, -0.1) is 0 Å². The third kappa shape index (κ3) is 2.71. The molecule has 0 spiro atoms. The molecule has 25 heavy (non-hydrogen) atoms. The monoisotopic (exact) mass is 338 g/mol. The zero-order valence-electron chi connectivity index (χ0n) is 14.2. The highest BCUT2D eigenvalue weighted by Crippen LogP contribution is 2.30. The highest BCUT2D eigenvalue weighted by atomic mass is 16.5. The standard InChI is InChI=1S/C19H18N2O4/c1-20(12-7-5-4-6-8-12)18(23)16-17(22)14-11-13(25-3)9-10-15(14)21(2)19(16)24/h4-11,22H,1-3H3. The van der Waals surface area contributed by atoms with Crippen LogP contribution in [0, 0.1) is 0 Å². The van der Waals surface area contributed by atoms with Crippen LogP contribution < -0.4 is 15.2 Å². The van der Waals surface area contributed by atoms with E-state index in [1.807, 2.05) is 6.07 Å². The number of para-hydroxylation sites is 1. The molecule has 0 unspecified atom stereocenters. The summed E-state index contributed by atoms with van der Waals surface area (Å²) in [5, 5.41) is 11.0. The molecule has 6 heteroatoms. The number of amides is 1. The molecule has 2 aromatic carbocycles. The van der Waals surface area contributed by atoms with Crippen LogP contribution in [0.15, 0.2) is 53.3 Å². The molecule has 0 aliphatic carbocycles. The first kappa shape index (κ1) is 16.6. The summed E-state index contributed by atoms with van der Waals surface area (Å²) in [7, 11) is 4.64. The average Bonchev–Trinajstić information content (AvgIpc) is 2.65. The van der Waals surface area contributed by atoms with Crippen LogP contribution in [-0.2, 0) is 7.05 Å². The van der Waals surface area contributed by atoms with Crippen molar-refractivity contribution < 1.29 is 14.6 Å². The largest absolute Gasteiger partial charge is 0.506 e. The van der Waals surface area contributed by atoms with Crippen LogP contribution in [0.5, 0.6) is 11.5 Å². The molecule has 0 saturated heterocycles. The molecule has 1 amide bonds. The van der Waals surface area contributed by atoms with Crippen molar-refractivity contribution in [2.75, 3.05) is 19.1 Å². The number of pyridine rings is 1. The topological polar surface area (TPSA) is 71.8 Å². The summed E-state index contributed by atoms with van der Waals surface area (Å²) in [4.78, 5) is 26.9. The first-order valence-corrected chi connectivity index (χ1v) is 7.68. The number of hydrogen-bond donors (Lipinski definition) is 1. The predicted octanol–water partition coefficient (Wildman–Crippen LogP) is 2.53. The third-order valence-electron chi connectivity index (χ3n) is 4.24. The van der Waals surface area contributed by atoms with Crippen molar-refractivity contribution in [1.82, 2.24) is 4.57 Å². The van der Waals surface area contributed by atoms with Crippen LogP contribution >= 0.6 is 0 Å². The number of aromatic nitrogens is 1. The molecule has 6 nitrogen and oxygen atoms in total. The van der Waals surface area contributed by atoms with E-state index in [-0.39, 0.29) is 11.3 Å². The van der Waals surface area contributed by atoms with E-state index in [2.05, 4.69) is 0 Å². The number of benzene rings is 2. The smallest absolute Gasteiger partial charge is 0.267 e. The molecule has 0 atom stereocenters. The number of methoxy groups -OCH3 is 1. The van der Waals surface area contributed by atoms with Gasteiger partial charge in [-0.3, -0.25) is 9.59 Å². The lowest BCUT2D eigenvalue weighted by atomic mass is 10.1. The van der Waals surface area contributed by atoms with E-state index in [0.717, 1.165) is 0 Å². The molecule has 3 rings (SSSR count). The van der Waals surface area contributed by atoms with E-state index in [0.29, 0.717) is 22.3 Å². The Balaban J connectivity index is 2.22. The summed E-state index contributed by atoms with van der Waals surface area (Å²) in [5.74, 6) is -0.393. The fraction of sp³-hybridized carbons (Fsp3) is 0.158. The van der Waals surface area contributed by atoms with Gasteiger partial charge in [-0.05, 0) is 30.3 Å². The second kappa shape index (κ2) is 6.32. The van der Waals surface area contributed by atoms with Crippen molar-refractivity contribution in [1.29, 1.82) is 0 Å². The molecule has 0 fully saturated rings. The summed E-state index contributed by atoms with van der Waals surface area (Å²) < 4.78 is 6.52. The summed E-state index contributed by atoms with van der Waals surface area (Å²) in [6, 6.07) is 13.9. The van der Waals surface area contributed by atoms with Gasteiger partial charge in [0.25, 0.3) is 11.5 Å². The first-order valence-electron chi connectivity index (χ1n) is 7.68. The molecule has 128 valence electrons. The number of carbonyl (C=O) groups excluding carboxylic acids is 1. The van der Waals surface area contributed by atoms with Crippen LogP contribution in [0.4, 0.5) is 5.69 Å². The van der Waals surface area contributed by atoms with Crippen LogP contribution in [0.2, 0.25) is 0 Å². The molecule has 0 aliphatic heterocycles. The van der Waals surface area contributed by atoms with Crippen LogP contribution in [0.1, 0.15) is 10.4 Å². The van der Waals surface area contributed by atoms with Gasteiger partial charge in [0.15, 0.2) is 0 Å². The fourth-order valence-corrected chi connectivity index (χ4v) is 2.77. The summed E-state index contributed by atoms with van der Waals surface area (Å²) in [5.41, 5.74) is 0.319. The number of hydrogen-bond acceptors (Lipinski definition) is 4. The first-order chi connectivity index (χ1) is 12.0. The van der Waals surface area contributed by atoms with E-state index in [9.17, 15) is 14.7 Å². The molecule has 0 bridgehead atoms. The lowest BCUT2D eigenvalue weighted by Crippen LogP contribution is -2.34. The lowest BCUT2D eigenvalue weighted by molar-refractivity contribution is 0.0988. The SMILES string of the molecule is COc1ccc2c(c1)c(O)c(C(=O)N(C)c1ccccc1)c(=O)n2C. The Morgan fingerprint density at radius 3 is 2.48 bits per heavy atom. The zero-order valence-corrected chi connectivity index (χ0v) is 14.2. The van der Waals surface area contributed by atoms with Gasteiger partial charge in [0.1, 0.15) is 17.1 Å². The molecule has 1 aromatic heterocycles. The van der Waals surface area contributed by atoms with Gasteiger partial charge in [0, 0.05) is 25.2 Å². The van der Waals surface area contributed by atoms with Gasteiger partial charge in [-0.2, -0.15) is 0 Å². The Hall–Kier alpha value is -3.28. The maximum Gasteiger partial charge on any atom is 0.267 e. The highest BCUT2D eigenvalue weighted by Gasteiger charge is 2.24. The summed E-state index contributed by atoms with van der Waals surface area (Å²) in [6.07, 6.45) is 0. The van der Waals surface area contributed by atoms with E-state index in [1.54, 1.807) is 56.6 Å². The normalized spacial score (nSPS) is 10.7. The number of ether oxygens (including phenoxy) is 1. The third-order valence-corrected chi connectivity index (χ3v) is 4.24. The minimum Gasteiger partial charge on any atom is -0.506 e. The molecular weight excluding hydrogens is 320 g/mol. The molecular formula is C19H18N2O4. The molecule has 0 radical (unpaired) electrons. The van der Waals surface area contributed by atoms with E-state index >= 15 is 0 Å². The quantitative estimate of drug-likeness (QED) is 0.796. The van der Waals surface area contributed by atoms with Crippen molar-refractivity contribution >= 4 is 22.5 Å². The minimum absolute atomic E-state index is 0.269. The number of carbonyl (C=O) groups is 1. The Labute approximate surface area is 144 Å². The Bertz CT molecular complexity index is 1010. The second-order valence-corrected chi connectivity index (χ2v) is 5.67. The van der Waals surface area contributed by atoms with Crippen molar-refractivity contribution in [3.63, 3.8) is 0 Å². The number of aryl methyl sites for hydroxylation is 1. The Morgan fingerprint density at radius 1 is 1.16 bits per heavy atom. The van der Waals surface area contributed by atoms with Gasteiger partial charge in [0.05, 0.1) is 12.6 Å². The maximum atomic E-state index is 12.9. The van der Waals surface area contributed by atoms with Crippen molar-refractivity contribution in [3.8, 4) is 11.5 Å². The zero-order chi connectivity index (χ0) is 18.1.